The maximum absolute atomic E-state index is 5.93. The van der Waals surface area contributed by atoms with Crippen molar-refractivity contribution in [2.75, 3.05) is 16.2 Å². The second-order valence-corrected chi connectivity index (χ2v) is 7.12. The minimum absolute atomic E-state index is 0.707. The van der Waals surface area contributed by atoms with E-state index < -0.39 is 0 Å². The number of nitrogens with zero attached hydrogens (tertiary/aromatic N) is 1. The largest absolute Gasteiger partial charge is 0.354 e. The van der Waals surface area contributed by atoms with Crippen molar-refractivity contribution in [3.63, 3.8) is 0 Å². The van der Waals surface area contributed by atoms with Crippen molar-refractivity contribution in [1.29, 1.82) is 0 Å². The van der Waals surface area contributed by atoms with Crippen LogP contribution in [0.4, 0.5) is 22.9 Å². The summed E-state index contributed by atoms with van der Waals surface area (Å²) in [5, 5.41) is 10.5. The lowest BCUT2D eigenvalue weighted by Crippen LogP contribution is -2.10. The molecular formula is C20H17ClN4S. The van der Waals surface area contributed by atoms with Crippen molar-refractivity contribution < 1.29 is 0 Å². The molecule has 0 aliphatic rings. The van der Waals surface area contributed by atoms with E-state index in [9.17, 15) is 0 Å². The molecule has 4 nitrogen and oxygen atoms in total. The van der Waals surface area contributed by atoms with Gasteiger partial charge in [0.15, 0.2) is 5.82 Å². The van der Waals surface area contributed by atoms with Crippen LogP contribution in [0.25, 0.3) is 10.8 Å². The molecule has 0 saturated heterocycles. The summed E-state index contributed by atoms with van der Waals surface area (Å²) in [7, 11) is 0. The molecule has 0 aliphatic carbocycles. The summed E-state index contributed by atoms with van der Waals surface area (Å²) in [6, 6.07) is 15.8. The van der Waals surface area contributed by atoms with Gasteiger partial charge in [0, 0.05) is 38.7 Å². The van der Waals surface area contributed by atoms with Crippen LogP contribution in [0.15, 0.2) is 65.5 Å². The number of thiophene rings is 1. The van der Waals surface area contributed by atoms with Gasteiger partial charge < -0.3 is 5.32 Å². The van der Waals surface area contributed by atoms with Crippen molar-refractivity contribution in [1.82, 2.24) is 4.98 Å². The number of aryl methyl sites for hydroxylation is 1. The van der Waals surface area contributed by atoms with Gasteiger partial charge in [0.2, 0.25) is 0 Å². The minimum atomic E-state index is 0.707. The van der Waals surface area contributed by atoms with Gasteiger partial charge in [-0.05, 0) is 54.3 Å². The second kappa shape index (κ2) is 7.23. The number of rotatable bonds is 5. The molecule has 0 radical (unpaired) electrons. The maximum Gasteiger partial charge on any atom is 0.152 e. The Bertz CT molecular complexity index is 1030. The quantitative estimate of drug-likeness (QED) is 0.348. The van der Waals surface area contributed by atoms with E-state index in [4.69, 9.17) is 11.6 Å². The Kier molecular flexibility index (Phi) is 4.65. The van der Waals surface area contributed by atoms with Gasteiger partial charge in [-0.2, -0.15) is 11.3 Å². The highest BCUT2D eigenvalue weighted by molar-refractivity contribution is 7.08. The van der Waals surface area contributed by atoms with Gasteiger partial charge in [-0.1, -0.05) is 23.7 Å². The van der Waals surface area contributed by atoms with E-state index in [1.54, 1.807) is 11.3 Å². The third-order valence-corrected chi connectivity index (χ3v) is 5.05. The number of anilines is 4. The first-order chi connectivity index (χ1) is 12.7. The summed E-state index contributed by atoms with van der Waals surface area (Å²) in [6.45, 7) is 2.10. The topological polar surface area (TPSA) is 49.0 Å². The van der Waals surface area contributed by atoms with Gasteiger partial charge in [0.05, 0.1) is 5.69 Å². The molecule has 6 heteroatoms. The van der Waals surface area contributed by atoms with Gasteiger partial charge in [0.25, 0.3) is 0 Å². The minimum Gasteiger partial charge on any atom is -0.354 e. The van der Waals surface area contributed by atoms with Crippen LogP contribution >= 0.6 is 22.9 Å². The fourth-order valence-corrected chi connectivity index (χ4v) is 3.49. The summed E-state index contributed by atoms with van der Waals surface area (Å²) in [5.74, 6) is 0.769. The Balaban J connectivity index is 1.66. The summed E-state index contributed by atoms with van der Waals surface area (Å²) in [5.41, 5.74) is 10.7. The first-order valence-electron chi connectivity index (χ1n) is 8.16. The molecule has 0 spiro atoms. The molecule has 3 N–H and O–H groups in total. The predicted molar refractivity (Wildman–Crippen MR) is 113 cm³/mol. The summed E-state index contributed by atoms with van der Waals surface area (Å²) in [6.07, 6.45) is 1.81. The first-order valence-corrected chi connectivity index (χ1v) is 9.48. The zero-order valence-corrected chi connectivity index (χ0v) is 15.7. The van der Waals surface area contributed by atoms with Crippen molar-refractivity contribution in [3.8, 4) is 0 Å². The highest BCUT2D eigenvalue weighted by atomic mass is 35.5. The van der Waals surface area contributed by atoms with E-state index in [-0.39, 0.29) is 0 Å². The molecule has 0 saturated carbocycles. The number of hydrogen-bond acceptors (Lipinski definition) is 5. The summed E-state index contributed by atoms with van der Waals surface area (Å²) >= 11 is 7.60. The van der Waals surface area contributed by atoms with Crippen LogP contribution in [0.5, 0.6) is 0 Å². The summed E-state index contributed by atoms with van der Waals surface area (Å²) in [4.78, 5) is 4.48. The Labute approximate surface area is 160 Å². The van der Waals surface area contributed by atoms with E-state index in [0.717, 1.165) is 33.7 Å². The maximum atomic E-state index is 5.93. The van der Waals surface area contributed by atoms with Gasteiger partial charge in [-0.15, -0.1) is 0 Å². The lowest BCUT2D eigenvalue weighted by Gasteiger charge is -2.15. The fourth-order valence-electron chi connectivity index (χ4n) is 2.77. The molecule has 0 fully saturated rings. The van der Waals surface area contributed by atoms with Gasteiger partial charge in [-0.25, -0.2) is 4.98 Å². The SMILES string of the molecule is Cc1ccc2c(NNc3ccc(Cl)cc3)nccc2c1Nc1ccsc1. The Morgan fingerprint density at radius 1 is 0.885 bits per heavy atom. The standard InChI is InChI=1S/C20H17ClN4S/c1-13-2-7-18-17(19(13)23-16-9-11-26-12-16)8-10-22-20(18)25-24-15-5-3-14(21)4-6-15/h2-12,23-24H,1H3,(H,22,25). The molecule has 0 aliphatic heterocycles. The van der Waals surface area contributed by atoms with Gasteiger partial charge >= 0.3 is 0 Å². The molecule has 0 atom stereocenters. The van der Waals surface area contributed by atoms with E-state index in [1.807, 2.05) is 36.5 Å². The van der Waals surface area contributed by atoms with Crippen LogP contribution in [0.3, 0.4) is 0 Å². The lowest BCUT2D eigenvalue weighted by atomic mass is 10.1. The van der Waals surface area contributed by atoms with E-state index in [2.05, 4.69) is 57.0 Å². The van der Waals surface area contributed by atoms with Crippen LogP contribution < -0.4 is 16.2 Å². The predicted octanol–water partition coefficient (Wildman–Crippen LogP) is 6.44. The number of pyridine rings is 1. The Morgan fingerprint density at radius 2 is 1.73 bits per heavy atom. The number of fused-ring (bicyclic) bond motifs is 1. The molecule has 4 aromatic rings. The fraction of sp³-hybridized carbons (Fsp3) is 0.0500. The highest BCUT2D eigenvalue weighted by Crippen LogP contribution is 2.33. The van der Waals surface area contributed by atoms with Gasteiger partial charge in [-0.3, -0.25) is 10.9 Å². The van der Waals surface area contributed by atoms with Crippen LogP contribution in [0.1, 0.15) is 5.56 Å². The summed E-state index contributed by atoms with van der Waals surface area (Å²) < 4.78 is 0. The smallest absolute Gasteiger partial charge is 0.152 e. The van der Waals surface area contributed by atoms with Crippen LogP contribution in [-0.4, -0.2) is 4.98 Å². The monoisotopic (exact) mass is 380 g/mol. The molecule has 4 rings (SSSR count). The first kappa shape index (κ1) is 16.7. The van der Waals surface area contributed by atoms with E-state index in [0.29, 0.717) is 5.02 Å². The average molecular weight is 381 g/mol. The molecule has 26 heavy (non-hydrogen) atoms. The average Bonchev–Trinajstić information content (AvgIpc) is 3.17. The molecule has 2 aromatic heterocycles. The van der Waals surface area contributed by atoms with Crippen LogP contribution in [0, 0.1) is 6.92 Å². The number of halogens is 1. The molecule has 0 unspecified atom stereocenters. The molecule has 130 valence electrons. The zero-order valence-electron chi connectivity index (χ0n) is 14.1. The number of benzene rings is 2. The van der Waals surface area contributed by atoms with Crippen molar-refractivity contribution in [2.45, 2.75) is 6.92 Å². The van der Waals surface area contributed by atoms with E-state index >= 15 is 0 Å². The van der Waals surface area contributed by atoms with Crippen molar-refractivity contribution >= 4 is 56.6 Å². The van der Waals surface area contributed by atoms with E-state index in [1.165, 1.54) is 5.56 Å². The number of nitrogens with one attached hydrogen (secondary N) is 3. The molecule has 0 bridgehead atoms. The third-order valence-electron chi connectivity index (χ3n) is 4.11. The molecule has 0 amide bonds. The van der Waals surface area contributed by atoms with Crippen molar-refractivity contribution in [3.05, 3.63) is 76.1 Å². The normalized spacial score (nSPS) is 10.7. The molecule has 2 aromatic carbocycles. The Morgan fingerprint density at radius 3 is 2.50 bits per heavy atom. The molecule has 2 heterocycles. The van der Waals surface area contributed by atoms with Crippen molar-refractivity contribution in [2.24, 2.45) is 0 Å². The highest BCUT2D eigenvalue weighted by Gasteiger charge is 2.09. The third kappa shape index (κ3) is 3.45. The van der Waals surface area contributed by atoms with Crippen LogP contribution in [-0.2, 0) is 0 Å². The molecular weight excluding hydrogens is 364 g/mol. The number of aromatic nitrogens is 1. The second-order valence-electron chi connectivity index (χ2n) is 5.91. The number of hydrogen-bond donors (Lipinski definition) is 3. The Hall–Kier alpha value is -2.76. The van der Waals surface area contributed by atoms with Crippen LogP contribution in [0.2, 0.25) is 5.02 Å². The lowest BCUT2D eigenvalue weighted by molar-refractivity contribution is 1.29. The van der Waals surface area contributed by atoms with Gasteiger partial charge in [0.1, 0.15) is 0 Å². The zero-order chi connectivity index (χ0) is 17.9. The number of hydrazine groups is 1.